The molecule has 1 N–H and O–H groups in total. The molecule has 1 aliphatic rings. The molecule has 3 rings (SSSR count). The van der Waals surface area contributed by atoms with Crippen molar-refractivity contribution in [3.63, 3.8) is 0 Å². The SMILES string of the molecule is COC1CC(NCc2ccc(F)c(-c3cccs3)c2)C1. The third kappa shape index (κ3) is 2.92. The van der Waals surface area contributed by atoms with Crippen LogP contribution in [0.25, 0.3) is 10.4 Å². The molecule has 2 aromatic rings. The Morgan fingerprint density at radius 3 is 2.90 bits per heavy atom. The van der Waals surface area contributed by atoms with Gasteiger partial charge in [0.05, 0.1) is 6.10 Å². The molecule has 1 aromatic heterocycles. The first-order chi connectivity index (χ1) is 9.76. The van der Waals surface area contributed by atoms with Crippen LogP contribution in [0.15, 0.2) is 35.7 Å². The topological polar surface area (TPSA) is 21.3 Å². The maximum absolute atomic E-state index is 13.9. The zero-order valence-electron chi connectivity index (χ0n) is 11.4. The van der Waals surface area contributed by atoms with Crippen molar-refractivity contribution in [2.24, 2.45) is 0 Å². The summed E-state index contributed by atoms with van der Waals surface area (Å²) in [6.45, 7) is 0.778. The average molecular weight is 291 g/mol. The van der Waals surface area contributed by atoms with Crippen LogP contribution < -0.4 is 5.32 Å². The number of nitrogens with one attached hydrogen (secondary N) is 1. The second-order valence-corrected chi connectivity index (χ2v) is 6.15. The second kappa shape index (κ2) is 6.04. The fourth-order valence-corrected chi connectivity index (χ4v) is 3.23. The first-order valence-electron chi connectivity index (χ1n) is 6.84. The summed E-state index contributed by atoms with van der Waals surface area (Å²) in [4.78, 5) is 0.979. The van der Waals surface area contributed by atoms with Gasteiger partial charge in [-0.25, -0.2) is 4.39 Å². The standard InChI is InChI=1S/C16H18FNOS/c1-19-13-8-12(9-13)18-10-11-4-5-15(17)14(7-11)16-3-2-6-20-16/h2-7,12-13,18H,8-10H2,1H3. The summed E-state index contributed by atoms with van der Waals surface area (Å²) < 4.78 is 19.1. The minimum atomic E-state index is -0.153. The van der Waals surface area contributed by atoms with Gasteiger partial charge in [-0.2, -0.15) is 0 Å². The third-order valence-corrected chi connectivity index (χ3v) is 4.74. The van der Waals surface area contributed by atoms with Gasteiger partial charge in [-0.1, -0.05) is 12.1 Å². The van der Waals surface area contributed by atoms with Gasteiger partial charge in [0.25, 0.3) is 0 Å². The molecule has 0 aliphatic heterocycles. The molecule has 0 unspecified atom stereocenters. The van der Waals surface area contributed by atoms with Crippen LogP contribution in [0.2, 0.25) is 0 Å². The van der Waals surface area contributed by atoms with E-state index in [1.165, 1.54) is 0 Å². The third-order valence-electron chi connectivity index (χ3n) is 3.84. The van der Waals surface area contributed by atoms with Crippen LogP contribution in [-0.2, 0) is 11.3 Å². The molecule has 2 nitrogen and oxygen atoms in total. The summed E-state index contributed by atoms with van der Waals surface area (Å²) in [5, 5.41) is 5.46. The zero-order valence-corrected chi connectivity index (χ0v) is 12.3. The molecule has 1 aromatic carbocycles. The van der Waals surface area contributed by atoms with Gasteiger partial charge in [0, 0.05) is 30.1 Å². The Labute approximate surface area is 122 Å². The summed E-state index contributed by atoms with van der Waals surface area (Å²) in [6.07, 6.45) is 2.53. The van der Waals surface area contributed by atoms with Crippen molar-refractivity contribution < 1.29 is 9.13 Å². The van der Waals surface area contributed by atoms with E-state index in [1.807, 2.05) is 29.6 Å². The quantitative estimate of drug-likeness (QED) is 0.904. The lowest BCUT2D eigenvalue weighted by atomic mass is 9.89. The monoisotopic (exact) mass is 291 g/mol. The van der Waals surface area contributed by atoms with Crippen LogP contribution in [0.3, 0.4) is 0 Å². The van der Waals surface area contributed by atoms with E-state index in [4.69, 9.17) is 4.74 Å². The minimum Gasteiger partial charge on any atom is -0.381 e. The zero-order chi connectivity index (χ0) is 13.9. The Bertz CT molecular complexity index is 564. The maximum Gasteiger partial charge on any atom is 0.131 e. The lowest BCUT2D eigenvalue weighted by Gasteiger charge is -2.34. The molecular formula is C16H18FNOS. The van der Waals surface area contributed by atoms with E-state index in [0.717, 1.165) is 29.8 Å². The Balaban J connectivity index is 1.64. The second-order valence-electron chi connectivity index (χ2n) is 5.20. The molecule has 1 saturated carbocycles. The Morgan fingerprint density at radius 2 is 2.20 bits per heavy atom. The van der Waals surface area contributed by atoms with Gasteiger partial charge in [0.15, 0.2) is 0 Å². The molecule has 0 radical (unpaired) electrons. The number of ether oxygens (including phenoxy) is 1. The van der Waals surface area contributed by atoms with Crippen LogP contribution >= 0.6 is 11.3 Å². The molecular weight excluding hydrogens is 273 g/mol. The highest BCUT2D eigenvalue weighted by molar-refractivity contribution is 7.13. The molecule has 1 heterocycles. The van der Waals surface area contributed by atoms with Gasteiger partial charge in [-0.15, -0.1) is 11.3 Å². The molecule has 1 fully saturated rings. The number of thiophene rings is 1. The van der Waals surface area contributed by atoms with Crippen molar-refractivity contribution in [1.82, 2.24) is 5.32 Å². The Morgan fingerprint density at radius 1 is 1.35 bits per heavy atom. The lowest BCUT2D eigenvalue weighted by Crippen LogP contribution is -2.44. The van der Waals surface area contributed by atoms with E-state index in [2.05, 4.69) is 5.32 Å². The van der Waals surface area contributed by atoms with E-state index >= 15 is 0 Å². The number of halogens is 1. The largest absolute Gasteiger partial charge is 0.381 e. The van der Waals surface area contributed by atoms with Gasteiger partial charge < -0.3 is 10.1 Å². The number of benzene rings is 1. The van der Waals surface area contributed by atoms with Gasteiger partial charge in [0.1, 0.15) is 5.82 Å². The smallest absolute Gasteiger partial charge is 0.131 e. The predicted octanol–water partition coefficient (Wildman–Crippen LogP) is 3.82. The molecule has 1 aliphatic carbocycles. The van der Waals surface area contributed by atoms with E-state index in [1.54, 1.807) is 24.5 Å². The molecule has 0 spiro atoms. The van der Waals surface area contributed by atoms with Crippen molar-refractivity contribution in [2.45, 2.75) is 31.5 Å². The normalized spacial score (nSPS) is 21.7. The summed E-state index contributed by atoms with van der Waals surface area (Å²) in [6, 6.07) is 9.78. The molecule has 0 amide bonds. The number of rotatable bonds is 5. The van der Waals surface area contributed by atoms with Crippen molar-refractivity contribution in [3.05, 3.63) is 47.1 Å². The van der Waals surface area contributed by atoms with Crippen LogP contribution in [-0.4, -0.2) is 19.3 Å². The number of methoxy groups -OCH3 is 1. The number of hydrogen-bond donors (Lipinski definition) is 1. The minimum absolute atomic E-state index is 0.153. The van der Waals surface area contributed by atoms with Crippen LogP contribution in [0.4, 0.5) is 4.39 Å². The van der Waals surface area contributed by atoms with Gasteiger partial charge in [-0.3, -0.25) is 0 Å². The molecule has 0 bridgehead atoms. The molecule has 20 heavy (non-hydrogen) atoms. The van der Waals surface area contributed by atoms with E-state index in [-0.39, 0.29) is 5.82 Å². The average Bonchev–Trinajstić information content (AvgIpc) is 2.93. The molecule has 0 saturated heterocycles. The lowest BCUT2D eigenvalue weighted by molar-refractivity contribution is 0.0170. The maximum atomic E-state index is 13.9. The first-order valence-corrected chi connectivity index (χ1v) is 7.72. The van der Waals surface area contributed by atoms with E-state index < -0.39 is 0 Å². The van der Waals surface area contributed by atoms with Crippen molar-refractivity contribution in [2.75, 3.05) is 7.11 Å². The van der Waals surface area contributed by atoms with Crippen LogP contribution in [0.5, 0.6) is 0 Å². The highest BCUT2D eigenvalue weighted by Gasteiger charge is 2.28. The summed E-state index contributed by atoms with van der Waals surface area (Å²) >= 11 is 1.57. The summed E-state index contributed by atoms with van der Waals surface area (Å²) in [5.74, 6) is -0.153. The van der Waals surface area contributed by atoms with Gasteiger partial charge in [-0.05, 0) is 42.0 Å². The van der Waals surface area contributed by atoms with Crippen molar-refractivity contribution in [1.29, 1.82) is 0 Å². The van der Waals surface area contributed by atoms with E-state index in [0.29, 0.717) is 17.7 Å². The molecule has 106 valence electrons. The van der Waals surface area contributed by atoms with Crippen LogP contribution in [0.1, 0.15) is 18.4 Å². The highest BCUT2D eigenvalue weighted by atomic mass is 32.1. The number of hydrogen-bond acceptors (Lipinski definition) is 3. The highest BCUT2D eigenvalue weighted by Crippen LogP contribution is 2.28. The Hall–Kier alpha value is -1.23. The van der Waals surface area contributed by atoms with E-state index in [9.17, 15) is 4.39 Å². The molecule has 4 heteroatoms. The Kier molecular flexibility index (Phi) is 4.15. The first kappa shape index (κ1) is 13.7. The van der Waals surface area contributed by atoms with Crippen molar-refractivity contribution in [3.8, 4) is 10.4 Å². The van der Waals surface area contributed by atoms with Crippen LogP contribution in [0, 0.1) is 5.82 Å². The molecule has 0 atom stereocenters. The van der Waals surface area contributed by atoms with Gasteiger partial charge in [0.2, 0.25) is 0 Å². The van der Waals surface area contributed by atoms with Crippen molar-refractivity contribution >= 4 is 11.3 Å². The fourth-order valence-electron chi connectivity index (χ4n) is 2.49. The predicted molar refractivity (Wildman–Crippen MR) is 80.4 cm³/mol. The summed E-state index contributed by atoms with van der Waals surface area (Å²) in [7, 11) is 1.76. The van der Waals surface area contributed by atoms with Gasteiger partial charge >= 0.3 is 0 Å². The fraction of sp³-hybridized carbons (Fsp3) is 0.375. The summed E-state index contributed by atoms with van der Waals surface area (Å²) in [5.41, 5.74) is 1.82.